The molecule has 0 N–H and O–H groups in total. The summed E-state index contributed by atoms with van der Waals surface area (Å²) in [6.07, 6.45) is 0. The van der Waals surface area contributed by atoms with E-state index in [4.69, 9.17) is 0 Å². The summed E-state index contributed by atoms with van der Waals surface area (Å²) in [6, 6.07) is 72.2. The minimum atomic E-state index is -0.411. The van der Waals surface area contributed by atoms with E-state index in [1.165, 1.54) is 113 Å². The van der Waals surface area contributed by atoms with Crippen molar-refractivity contribution in [3.63, 3.8) is 0 Å². The van der Waals surface area contributed by atoms with Gasteiger partial charge in [-0.1, -0.05) is 215 Å². The maximum Gasteiger partial charge on any atom is 0.247 e. The first kappa shape index (κ1) is 43.0. The highest BCUT2D eigenvalue weighted by atomic mass is 32.2. The maximum absolute atomic E-state index is 2.52. The zero-order valence-electron chi connectivity index (χ0n) is 40.1. The number of rotatable bonds is 4. The molecule has 9 aromatic rings. The number of aryl methyl sites for hydroxylation is 1. The van der Waals surface area contributed by atoms with Gasteiger partial charge in [-0.2, -0.15) is 0 Å². The Morgan fingerprint density at radius 3 is 1.71 bits per heavy atom. The van der Waals surface area contributed by atoms with Crippen LogP contribution in [0, 0.1) is 6.92 Å². The first-order chi connectivity index (χ1) is 33.4. The van der Waals surface area contributed by atoms with E-state index in [0.29, 0.717) is 0 Å². The van der Waals surface area contributed by atoms with E-state index >= 15 is 0 Å². The monoisotopic (exact) mass is 941 g/mol. The molecule has 0 amide bonds. The molecular weight excluding hydrogens is 890 g/mol. The van der Waals surface area contributed by atoms with Gasteiger partial charge in [0.2, 0.25) is 6.71 Å². The Balaban J connectivity index is 1.02. The van der Waals surface area contributed by atoms with Crippen molar-refractivity contribution in [1.82, 2.24) is 0 Å². The van der Waals surface area contributed by atoms with E-state index in [9.17, 15) is 0 Å². The molecule has 69 heavy (non-hydrogen) atoms. The van der Waals surface area contributed by atoms with Crippen LogP contribution < -0.4 is 21.3 Å². The zero-order chi connectivity index (χ0) is 47.0. The second-order valence-corrected chi connectivity index (χ2v) is 24.5. The van der Waals surface area contributed by atoms with Crippen LogP contribution in [-0.4, -0.2) is 6.71 Å². The molecule has 3 heterocycles. The molecule has 0 radical (unpaired) electrons. The second-order valence-electron chi connectivity index (χ2n) is 21.3. The van der Waals surface area contributed by atoms with Gasteiger partial charge in [-0.3, -0.25) is 0 Å². The fourth-order valence-corrected chi connectivity index (χ4v) is 15.7. The van der Waals surface area contributed by atoms with Gasteiger partial charge in [0.25, 0.3) is 0 Å². The molecule has 4 aliphatic rings. The van der Waals surface area contributed by atoms with E-state index in [1.54, 1.807) is 0 Å². The van der Waals surface area contributed by atoms with Crippen molar-refractivity contribution in [2.75, 3.05) is 4.90 Å². The summed E-state index contributed by atoms with van der Waals surface area (Å²) in [5.74, 6) is 0. The van der Waals surface area contributed by atoms with Gasteiger partial charge in [-0.05, 0) is 134 Å². The Bertz CT molecular complexity index is 3530. The third-order valence-electron chi connectivity index (χ3n) is 15.0. The fraction of sp³-hybridized carbons (Fsp3) is 0.156. The SMILES string of the molecule is Cc1cc2c3c(c1)Sc1c(ccc4c1-c1ccccc1C41c4ccccc4Sc4ccccc41)B3c1ccc(N(c3ccc(C(C)(C)C)cc3)c3ccc(C(C)(C)C)cc3-c3ccccc3)cc1S2. The average Bonchev–Trinajstić information content (AvgIpc) is 3.64. The molecule has 334 valence electrons. The van der Waals surface area contributed by atoms with Crippen molar-refractivity contribution in [2.45, 2.75) is 94.1 Å². The molecule has 1 aliphatic carbocycles. The lowest BCUT2D eigenvalue weighted by molar-refractivity contribution is 0.590. The minimum absolute atomic E-state index is 0.00408. The summed E-state index contributed by atoms with van der Waals surface area (Å²) >= 11 is 5.86. The van der Waals surface area contributed by atoms with E-state index in [0.717, 1.165) is 11.4 Å². The summed E-state index contributed by atoms with van der Waals surface area (Å²) < 4.78 is 0. The molecule has 0 saturated heterocycles. The standard InChI is InChI=1S/C64H52BNS3/c1-39-35-57-60-58(36-39)69-61-52(33-31-50-59(61)45-19-11-12-20-47(45)64(50)48-21-13-15-23-54(48)67-55-24-16-14-22-49(55)64)65(60)51-32-30-44(38-56(51)68-57)66(43-28-25-41(26-29-43)62(2,3)4)53-34-27-42(63(5,6)7)37-46(53)40-17-9-8-10-18-40/h8-38H,1-7H3. The molecule has 1 spiro atoms. The van der Waals surface area contributed by atoms with Crippen LogP contribution in [0.25, 0.3) is 22.3 Å². The van der Waals surface area contributed by atoms with Crippen LogP contribution in [-0.2, 0) is 16.2 Å². The number of anilines is 3. The molecule has 0 aromatic heterocycles. The molecule has 0 fully saturated rings. The van der Waals surface area contributed by atoms with Crippen LogP contribution in [0.4, 0.5) is 17.1 Å². The van der Waals surface area contributed by atoms with Crippen molar-refractivity contribution in [1.29, 1.82) is 0 Å². The molecule has 0 atom stereocenters. The zero-order valence-corrected chi connectivity index (χ0v) is 42.6. The third kappa shape index (κ3) is 6.57. The summed E-state index contributed by atoms with van der Waals surface area (Å²) in [5, 5.41) is 0. The predicted octanol–water partition coefficient (Wildman–Crippen LogP) is 16.0. The van der Waals surface area contributed by atoms with Crippen LogP contribution in [0.15, 0.2) is 217 Å². The highest BCUT2D eigenvalue weighted by Crippen LogP contribution is 2.63. The Kier molecular flexibility index (Phi) is 9.78. The van der Waals surface area contributed by atoms with Gasteiger partial charge in [0.15, 0.2) is 0 Å². The third-order valence-corrected chi connectivity index (χ3v) is 18.5. The quantitative estimate of drug-likeness (QED) is 0.162. The van der Waals surface area contributed by atoms with Crippen molar-refractivity contribution >= 4 is 75.4 Å². The Morgan fingerprint density at radius 2 is 1.01 bits per heavy atom. The van der Waals surface area contributed by atoms with Crippen molar-refractivity contribution in [2.24, 2.45) is 0 Å². The van der Waals surface area contributed by atoms with Crippen molar-refractivity contribution in [3.05, 3.63) is 227 Å². The first-order valence-corrected chi connectivity index (χ1v) is 26.7. The summed E-state index contributed by atoms with van der Waals surface area (Å²) in [7, 11) is 0. The topological polar surface area (TPSA) is 3.24 Å². The van der Waals surface area contributed by atoms with Crippen LogP contribution in [0.2, 0.25) is 0 Å². The molecule has 0 saturated carbocycles. The fourth-order valence-electron chi connectivity index (χ4n) is 11.7. The number of nitrogens with zero attached hydrogens (tertiary/aromatic N) is 1. The molecule has 5 heteroatoms. The number of fused-ring (bicyclic) bond motifs is 14. The molecular formula is C64H52BNS3. The van der Waals surface area contributed by atoms with Gasteiger partial charge >= 0.3 is 0 Å². The summed E-state index contributed by atoms with van der Waals surface area (Å²) in [4.78, 5) is 10.6. The molecule has 0 bridgehead atoms. The molecule has 1 nitrogen and oxygen atoms in total. The van der Waals surface area contributed by atoms with Gasteiger partial charge in [-0.25, -0.2) is 0 Å². The van der Waals surface area contributed by atoms with Gasteiger partial charge in [0.1, 0.15) is 0 Å². The predicted molar refractivity (Wildman–Crippen MR) is 296 cm³/mol. The largest absolute Gasteiger partial charge is 0.310 e. The second kappa shape index (κ2) is 15.7. The summed E-state index contributed by atoms with van der Waals surface area (Å²) in [6.45, 7) is 16.2. The van der Waals surface area contributed by atoms with Crippen LogP contribution >= 0.6 is 35.3 Å². The lowest BCUT2D eigenvalue weighted by Gasteiger charge is -2.40. The average molecular weight is 942 g/mol. The summed E-state index contributed by atoms with van der Waals surface area (Å²) in [5.41, 5.74) is 22.0. The highest BCUT2D eigenvalue weighted by Gasteiger charge is 2.52. The normalized spacial score (nSPS) is 14.5. The van der Waals surface area contributed by atoms with Crippen LogP contribution in [0.1, 0.15) is 80.5 Å². The van der Waals surface area contributed by atoms with Gasteiger partial charge < -0.3 is 4.90 Å². The Morgan fingerprint density at radius 1 is 0.435 bits per heavy atom. The van der Waals surface area contributed by atoms with Crippen LogP contribution in [0.3, 0.4) is 0 Å². The lowest BCUT2D eigenvalue weighted by atomic mass is 9.36. The van der Waals surface area contributed by atoms with Gasteiger partial charge in [-0.15, -0.1) is 0 Å². The number of benzene rings is 9. The lowest BCUT2D eigenvalue weighted by Crippen LogP contribution is -2.58. The smallest absolute Gasteiger partial charge is 0.247 e. The van der Waals surface area contributed by atoms with Gasteiger partial charge in [0, 0.05) is 51.9 Å². The molecule has 13 rings (SSSR count). The molecule has 3 aliphatic heterocycles. The maximum atomic E-state index is 2.52. The first-order valence-electron chi connectivity index (χ1n) is 24.3. The minimum Gasteiger partial charge on any atom is -0.310 e. The van der Waals surface area contributed by atoms with E-state index in [1.807, 2.05) is 35.3 Å². The van der Waals surface area contributed by atoms with E-state index < -0.39 is 5.41 Å². The molecule has 0 unspecified atom stereocenters. The number of hydrogen-bond donors (Lipinski definition) is 0. The number of hydrogen-bond acceptors (Lipinski definition) is 4. The Hall–Kier alpha value is -6.11. The highest BCUT2D eigenvalue weighted by molar-refractivity contribution is 8.01. The van der Waals surface area contributed by atoms with E-state index in [-0.39, 0.29) is 17.5 Å². The Labute approximate surface area is 420 Å². The molecule has 9 aromatic carbocycles. The van der Waals surface area contributed by atoms with Crippen LogP contribution in [0.5, 0.6) is 0 Å². The van der Waals surface area contributed by atoms with Gasteiger partial charge in [0.05, 0.1) is 11.1 Å². The van der Waals surface area contributed by atoms with Crippen molar-refractivity contribution < 1.29 is 0 Å². The van der Waals surface area contributed by atoms with Crippen molar-refractivity contribution in [3.8, 4) is 22.3 Å². The van der Waals surface area contributed by atoms with E-state index in [2.05, 4.69) is 241 Å².